The first kappa shape index (κ1) is 26.6. The van der Waals surface area contributed by atoms with E-state index in [1.54, 1.807) is 0 Å². The zero-order chi connectivity index (χ0) is 24.8. The summed E-state index contributed by atoms with van der Waals surface area (Å²) in [5.74, 6) is -4.61. The molecule has 178 valence electrons. The van der Waals surface area contributed by atoms with Crippen molar-refractivity contribution in [2.24, 2.45) is 0 Å². The molecule has 1 aliphatic rings. The van der Waals surface area contributed by atoms with Crippen LogP contribution in [0.5, 0.6) is 0 Å². The molecule has 33 heavy (non-hydrogen) atoms. The highest BCUT2D eigenvalue weighted by molar-refractivity contribution is 6.42. The average Bonchev–Trinajstić information content (AvgIpc) is 2.74. The highest BCUT2D eigenvalue weighted by atomic mass is 35.5. The van der Waals surface area contributed by atoms with Gasteiger partial charge in [0.15, 0.2) is 5.60 Å². The highest BCUT2D eigenvalue weighted by Crippen LogP contribution is 2.42. The van der Waals surface area contributed by atoms with Gasteiger partial charge in [-0.15, -0.1) is 0 Å². The Bertz CT molecular complexity index is 1010. The quantitative estimate of drug-likeness (QED) is 0.386. The predicted octanol–water partition coefficient (Wildman–Crippen LogP) is 3.93. The van der Waals surface area contributed by atoms with Crippen LogP contribution in [0, 0.1) is 0 Å². The second-order valence-corrected chi connectivity index (χ2v) is 8.57. The summed E-state index contributed by atoms with van der Waals surface area (Å²) in [7, 11) is 2.03. The Morgan fingerprint density at radius 3 is 2.00 bits per heavy atom. The maximum absolute atomic E-state index is 10.3. The number of benzene rings is 2. The molecule has 10 heteroatoms. The van der Waals surface area contributed by atoms with Crippen LogP contribution < -0.4 is 5.32 Å². The first-order valence-corrected chi connectivity index (χ1v) is 10.8. The molecule has 0 bridgehead atoms. The van der Waals surface area contributed by atoms with Crippen molar-refractivity contribution in [2.75, 3.05) is 7.05 Å². The summed E-state index contributed by atoms with van der Waals surface area (Å²) < 4.78 is 0. The van der Waals surface area contributed by atoms with Crippen molar-refractivity contribution in [3.05, 3.63) is 69.2 Å². The van der Waals surface area contributed by atoms with E-state index >= 15 is 0 Å². The van der Waals surface area contributed by atoms with Gasteiger partial charge in [0.25, 0.3) is 0 Å². The molecule has 0 unspecified atom stereocenters. The normalized spacial score (nSPS) is 17.3. The van der Waals surface area contributed by atoms with Crippen molar-refractivity contribution in [3.8, 4) is 0 Å². The molecule has 0 saturated carbocycles. The van der Waals surface area contributed by atoms with E-state index in [2.05, 4.69) is 35.6 Å². The third-order valence-corrected chi connectivity index (χ3v) is 6.21. The molecule has 2 atom stereocenters. The van der Waals surface area contributed by atoms with Gasteiger partial charge >= 0.3 is 17.9 Å². The van der Waals surface area contributed by atoms with Crippen LogP contribution in [0.25, 0.3) is 0 Å². The number of carboxylic acids is 3. The molecule has 0 saturated heterocycles. The standard InChI is InChI=1S/C17H17Cl2N.C6H8O7/c1-20-17-9-7-12(13-4-2-3-5-14(13)17)11-6-8-15(18)16(19)10-11;7-3(8)1-6(13,5(11)12)2-4(9)10/h2-6,8,10,12,17,20H,7,9H2,1H3;13H,1-2H2,(H,7,8)(H,9,10)(H,11,12)/t12-,17-;/m0./s1. The zero-order valence-corrected chi connectivity index (χ0v) is 19.3. The van der Waals surface area contributed by atoms with Gasteiger partial charge in [-0.05, 0) is 48.7 Å². The van der Waals surface area contributed by atoms with E-state index in [0.29, 0.717) is 22.0 Å². The maximum atomic E-state index is 10.3. The summed E-state index contributed by atoms with van der Waals surface area (Å²) in [6.45, 7) is 0. The second kappa shape index (κ2) is 11.5. The molecule has 0 amide bonds. The topological polar surface area (TPSA) is 144 Å². The zero-order valence-electron chi connectivity index (χ0n) is 17.8. The van der Waals surface area contributed by atoms with Gasteiger partial charge in [-0.1, -0.05) is 53.5 Å². The number of halogens is 2. The number of aliphatic carboxylic acids is 3. The van der Waals surface area contributed by atoms with E-state index in [1.807, 2.05) is 19.2 Å². The predicted molar refractivity (Wildman–Crippen MR) is 123 cm³/mol. The van der Waals surface area contributed by atoms with Crippen LogP contribution in [0.1, 0.15) is 54.3 Å². The van der Waals surface area contributed by atoms with E-state index in [0.717, 1.165) is 12.8 Å². The van der Waals surface area contributed by atoms with Gasteiger partial charge in [0.05, 0.1) is 22.9 Å². The van der Waals surface area contributed by atoms with Gasteiger partial charge in [-0.2, -0.15) is 0 Å². The fourth-order valence-electron chi connectivity index (χ4n) is 3.88. The van der Waals surface area contributed by atoms with Crippen molar-refractivity contribution in [1.29, 1.82) is 0 Å². The maximum Gasteiger partial charge on any atom is 0.336 e. The Kier molecular flexibility index (Phi) is 9.25. The van der Waals surface area contributed by atoms with E-state index in [4.69, 9.17) is 43.6 Å². The number of fused-ring (bicyclic) bond motifs is 1. The van der Waals surface area contributed by atoms with E-state index < -0.39 is 36.4 Å². The lowest BCUT2D eigenvalue weighted by Gasteiger charge is -2.32. The van der Waals surface area contributed by atoms with Crippen LogP contribution in [0.4, 0.5) is 0 Å². The molecule has 1 aliphatic carbocycles. The highest BCUT2D eigenvalue weighted by Gasteiger charge is 2.40. The summed E-state index contributed by atoms with van der Waals surface area (Å²) >= 11 is 12.2. The van der Waals surface area contributed by atoms with E-state index in [1.165, 1.54) is 16.7 Å². The summed E-state index contributed by atoms with van der Waals surface area (Å²) in [6.07, 6.45) is -0.0256. The van der Waals surface area contributed by atoms with Crippen LogP contribution in [-0.4, -0.2) is 51.0 Å². The molecule has 0 spiro atoms. The van der Waals surface area contributed by atoms with Crippen molar-refractivity contribution in [1.82, 2.24) is 5.32 Å². The Morgan fingerprint density at radius 2 is 1.52 bits per heavy atom. The first-order chi connectivity index (χ1) is 15.5. The minimum Gasteiger partial charge on any atom is -0.481 e. The number of aliphatic hydroxyl groups is 1. The second-order valence-electron chi connectivity index (χ2n) is 7.75. The summed E-state index contributed by atoms with van der Waals surface area (Å²) in [5.41, 5.74) is 1.31. The average molecular weight is 498 g/mol. The largest absolute Gasteiger partial charge is 0.481 e. The van der Waals surface area contributed by atoms with Gasteiger partial charge in [0, 0.05) is 12.0 Å². The Labute approximate surface area is 200 Å². The van der Waals surface area contributed by atoms with E-state index in [-0.39, 0.29) is 0 Å². The smallest absolute Gasteiger partial charge is 0.336 e. The summed E-state index contributed by atoms with van der Waals surface area (Å²) in [4.78, 5) is 30.5. The number of rotatable bonds is 7. The summed E-state index contributed by atoms with van der Waals surface area (Å²) in [6, 6.07) is 15.1. The van der Waals surface area contributed by atoms with Crippen LogP contribution in [0.15, 0.2) is 42.5 Å². The van der Waals surface area contributed by atoms with E-state index in [9.17, 15) is 14.4 Å². The minimum absolute atomic E-state index is 0.408. The SMILES string of the molecule is CN[C@H]1CC[C@@H](c2ccc(Cl)c(Cl)c2)c2ccccc21.O=C(O)CC(O)(CC(=O)O)C(=O)O. The molecule has 0 heterocycles. The van der Waals surface area contributed by atoms with Gasteiger partial charge in [0.2, 0.25) is 0 Å². The van der Waals surface area contributed by atoms with Crippen molar-refractivity contribution >= 4 is 41.1 Å². The van der Waals surface area contributed by atoms with Gasteiger partial charge in [-0.3, -0.25) is 9.59 Å². The monoisotopic (exact) mass is 497 g/mol. The number of nitrogens with one attached hydrogen (secondary N) is 1. The van der Waals surface area contributed by atoms with Gasteiger partial charge in [-0.25, -0.2) is 4.79 Å². The molecular weight excluding hydrogens is 473 g/mol. The lowest BCUT2D eigenvalue weighted by atomic mass is 9.77. The number of carboxylic acid groups (broad SMARTS) is 3. The number of hydrogen-bond donors (Lipinski definition) is 5. The van der Waals surface area contributed by atoms with Crippen molar-refractivity contribution < 1.29 is 34.8 Å². The number of carbonyl (C=O) groups is 3. The molecule has 2 aromatic carbocycles. The summed E-state index contributed by atoms with van der Waals surface area (Å²) in [5, 5.41) is 38.5. The minimum atomic E-state index is -2.74. The Balaban J connectivity index is 0.000000260. The first-order valence-electron chi connectivity index (χ1n) is 10.1. The third-order valence-electron chi connectivity index (χ3n) is 5.47. The molecule has 2 aromatic rings. The molecular formula is C23H25Cl2NO7. The third kappa shape index (κ3) is 6.91. The van der Waals surface area contributed by atoms with Crippen LogP contribution in [-0.2, 0) is 14.4 Å². The molecule has 0 fully saturated rings. The fourth-order valence-corrected chi connectivity index (χ4v) is 4.19. The Hall–Kier alpha value is -2.65. The molecule has 0 radical (unpaired) electrons. The van der Waals surface area contributed by atoms with Crippen LogP contribution in [0.2, 0.25) is 10.0 Å². The van der Waals surface area contributed by atoms with Crippen molar-refractivity contribution in [2.45, 2.75) is 43.2 Å². The van der Waals surface area contributed by atoms with Crippen molar-refractivity contribution in [3.63, 3.8) is 0 Å². The lowest BCUT2D eigenvalue weighted by molar-refractivity contribution is -0.170. The lowest BCUT2D eigenvalue weighted by Crippen LogP contribution is -2.42. The Morgan fingerprint density at radius 1 is 0.939 bits per heavy atom. The molecule has 0 aliphatic heterocycles. The fraction of sp³-hybridized carbons (Fsp3) is 0.348. The molecule has 0 aromatic heterocycles. The van der Waals surface area contributed by atoms with Crippen LogP contribution in [0.3, 0.4) is 0 Å². The number of hydrogen-bond acceptors (Lipinski definition) is 5. The van der Waals surface area contributed by atoms with Crippen LogP contribution >= 0.6 is 23.2 Å². The molecule has 8 nitrogen and oxygen atoms in total. The molecule has 5 N–H and O–H groups in total. The molecule has 3 rings (SSSR count). The van der Waals surface area contributed by atoms with Gasteiger partial charge in [0.1, 0.15) is 0 Å². The van der Waals surface area contributed by atoms with Gasteiger partial charge < -0.3 is 25.7 Å².